The fraction of sp³-hybridized carbons (Fsp3) is 0.0769. The minimum Gasteiger partial charge on any atom is -0.290 e. The smallest absolute Gasteiger partial charge is 0.186 e. The number of aryl methyl sites for hydroxylation is 1. The molecule has 0 aromatic heterocycles. The first-order chi connectivity index (χ1) is 7.58. The summed E-state index contributed by atoms with van der Waals surface area (Å²) in [6, 6.07) is 5.39. The molecule has 0 aliphatic heterocycles. The molecule has 0 unspecified atom stereocenters. The van der Waals surface area contributed by atoms with Gasteiger partial charge in [-0.25, -0.2) is 0 Å². The molecule has 0 saturated heterocycles. The minimum absolute atomic E-state index is 0.188. The van der Waals surface area contributed by atoms with E-state index in [0.717, 1.165) is 5.56 Å². The van der Waals surface area contributed by atoms with E-state index in [2.05, 4.69) is 0 Å². The van der Waals surface area contributed by atoms with E-state index in [1.165, 1.54) is 18.2 Å². The molecule has 0 amide bonds. The standard InChI is InChI=1S/C13H9ClO2/c1-8-2-4-12(14)10(6-8)11-7-9(15)3-5-13(11)16/h2-7H,1H3. The van der Waals surface area contributed by atoms with Crippen LogP contribution in [-0.4, -0.2) is 11.6 Å². The van der Waals surface area contributed by atoms with Crippen LogP contribution < -0.4 is 0 Å². The van der Waals surface area contributed by atoms with Gasteiger partial charge in [0.05, 0.1) is 0 Å². The van der Waals surface area contributed by atoms with Gasteiger partial charge in [-0.05, 0) is 37.3 Å². The number of halogens is 1. The first-order valence-corrected chi connectivity index (χ1v) is 5.20. The predicted octanol–water partition coefficient (Wildman–Crippen LogP) is 2.74. The Labute approximate surface area is 98.2 Å². The molecule has 2 rings (SSSR count). The summed E-state index contributed by atoms with van der Waals surface area (Å²) in [7, 11) is 0. The predicted molar refractivity (Wildman–Crippen MR) is 63.3 cm³/mol. The lowest BCUT2D eigenvalue weighted by molar-refractivity contribution is -0.113. The minimum atomic E-state index is -0.188. The molecule has 1 aliphatic rings. The molecule has 0 atom stereocenters. The maximum atomic E-state index is 11.6. The van der Waals surface area contributed by atoms with Gasteiger partial charge in [0.1, 0.15) is 0 Å². The highest BCUT2D eigenvalue weighted by molar-refractivity contribution is 6.39. The summed E-state index contributed by atoms with van der Waals surface area (Å²) < 4.78 is 0. The summed E-state index contributed by atoms with van der Waals surface area (Å²) in [6.45, 7) is 1.91. The summed E-state index contributed by atoms with van der Waals surface area (Å²) >= 11 is 6.01. The number of allylic oxidation sites excluding steroid dienone is 4. The molecular formula is C13H9ClO2. The molecule has 16 heavy (non-hydrogen) atoms. The average molecular weight is 233 g/mol. The fourth-order valence-corrected chi connectivity index (χ4v) is 1.78. The van der Waals surface area contributed by atoms with Crippen molar-refractivity contribution in [2.24, 2.45) is 0 Å². The first-order valence-electron chi connectivity index (χ1n) is 4.82. The van der Waals surface area contributed by atoms with Gasteiger partial charge in [0, 0.05) is 16.2 Å². The highest BCUT2D eigenvalue weighted by Crippen LogP contribution is 2.27. The molecule has 0 N–H and O–H groups in total. The number of carbonyl (C=O) groups is 2. The normalized spacial score (nSPS) is 15.2. The third-order valence-electron chi connectivity index (χ3n) is 2.36. The van der Waals surface area contributed by atoms with E-state index < -0.39 is 0 Å². The van der Waals surface area contributed by atoms with E-state index in [-0.39, 0.29) is 11.6 Å². The van der Waals surface area contributed by atoms with Gasteiger partial charge in [0.25, 0.3) is 0 Å². The van der Waals surface area contributed by atoms with Crippen molar-refractivity contribution in [2.75, 3.05) is 0 Å². The van der Waals surface area contributed by atoms with Crippen LogP contribution in [-0.2, 0) is 9.59 Å². The van der Waals surface area contributed by atoms with E-state index >= 15 is 0 Å². The van der Waals surface area contributed by atoms with E-state index in [4.69, 9.17) is 11.6 Å². The second kappa shape index (κ2) is 4.06. The molecule has 80 valence electrons. The van der Waals surface area contributed by atoms with Crippen molar-refractivity contribution >= 4 is 28.7 Å². The number of hydrogen-bond acceptors (Lipinski definition) is 2. The molecule has 1 aromatic carbocycles. The van der Waals surface area contributed by atoms with E-state index in [9.17, 15) is 9.59 Å². The molecule has 0 spiro atoms. The van der Waals surface area contributed by atoms with Crippen LogP contribution in [0.15, 0.2) is 36.4 Å². The SMILES string of the molecule is Cc1ccc(Cl)c(C2=CC(=O)C=CC2=O)c1. The van der Waals surface area contributed by atoms with Crippen LogP contribution >= 0.6 is 11.6 Å². The number of benzene rings is 1. The molecule has 0 radical (unpaired) electrons. The second-order valence-corrected chi connectivity index (χ2v) is 4.05. The highest BCUT2D eigenvalue weighted by Gasteiger charge is 2.17. The molecule has 3 heteroatoms. The van der Waals surface area contributed by atoms with Gasteiger partial charge in [-0.15, -0.1) is 0 Å². The Kier molecular flexibility index (Phi) is 2.75. The van der Waals surface area contributed by atoms with Gasteiger partial charge in [0.15, 0.2) is 11.6 Å². The quantitative estimate of drug-likeness (QED) is 0.698. The summed E-state index contributed by atoms with van der Waals surface area (Å²) in [6.07, 6.45) is 3.86. The van der Waals surface area contributed by atoms with Crippen molar-refractivity contribution in [3.8, 4) is 0 Å². The zero-order valence-corrected chi connectivity index (χ0v) is 9.41. The van der Waals surface area contributed by atoms with Crippen molar-refractivity contribution < 1.29 is 9.59 Å². The lowest BCUT2D eigenvalue weighted by Gasteiger charge is -2.09. The van der Waals surface area contributed by atoms with Crippen LogP contribution in [0.2, 0.25) is 5.02 Å². The van der Waals surface area contributed by atoms with Crippen molar-refractivity contribution in [3.63, 3.8) is 0 Å². The third kappa shape index (κ3) is 1.97. The number of ketones is 2. The fourth-order valence-electron chi connectivity index (χ4n) is 1.57. The summed E-state index contributed by atoms with van der Waals surface area (Å²) in [4.78, 5) is 22.9. The van der Waals surface area contributed by atoms with Crippen LogP contribution in [0.1, 0.15) is 11.1 Å². The van der Waals surface area contributed by atoms with Crippen LogP contribution in [0.4, 0.5) is 0 Å². The van der Waals surface area contributed by atoms with Crippen molar-refractivity contribution in [1.82, 2.24) is 0 Å². The number of carbonyl (C=O) groups excluding carboxylic acids is 2. The second-order valence-electron chi connectivity index (χ2n) is 3.64. The topological polar surface area (TPSA) is 34.1 Å². The van der Waals surface area contributed by atoms with Crippen molar-refractivity contribution in [2.45, 2.75) is 6.92 Å². The molecule has 0 saturated carbocycles. The van der Waals surface area contributed by atoms with Gasteiger partial charge in [-0.2, -0.15) is 0 Å². The number of rotatable bonds is 1. The van der Waals surface area contributed by atoms with E-state index in [0.29, 0.717) is 16.2 Å². The number of hydrogen-bond donors (Lipinski definition) is 0. The Morgan fingerprint density at radius 3 is 2.62 bits per heavy atom. The largest absolute Gasteiger partial charge is 0.290 e. The van der Waals surface area contributed by atoms with E-state index in [1.807, 2.05) is 13.0 Å². The molecular weight excluding hydrogens is 224 g/mol. The third-order valence-corrected chi connectivity index (χ3v) is 2.69. The summed E-state index contributed by atoms with van der Waals surface area (Å²) in [5.41, 5.74) is 1.97. The van der Waals surface area contributed by atoms with Crippen molar-refractivity contribution in [1.29, 1.82) is 0 Å². The molecule has 1 aromatic rings. The lowest BCUT2D eigenvalue weighted by Crippen LogP contribution is -2.07. The van der Waals surface area contributed by atoms with Crippen LogP contribution in [0, 0.1) is 6.92 Å². The molecule has 0 fully saturated rings. The van der Waals surface area contributed by atoms with E-state index in [1.54, 1.807) is 12.1 Å². The Morgan fingerprint density at radius 1 is 1.12 bits per heavy atom. The van der Waals surface area contributed by atoms with Crippen LogP contribution in [0.5, 0.6) is 0 Å². The van der Waals surface area contributed by atoms with Gasteiger partial charge in [0.2, 0.25) is 0 Å². The zero-order chi connectivity index (χ0) is 11.7. The Hall–Kier alpha value is -1.67. The lowest BCUT2D eigenvalue weighted by atomic mass is 9.95. The molecule has 0 heterocycles. The van der Waals surface area contributed by atoms with Gasteiger partial charge >= 0.3 is 0 Å². The van der Waals surface area contributed by atoms with Gasteiger partial charge < -0.3 is 0 Å². The van der Waals surface area contributed by atoms with Gasteiger partial charge in [-0.1, -0.05) is 23.2 Å². The first kappa shape index (κ1) is 10.8. The monoisotopic (exact) mass is 232 g/mol. The molecule has 2 nitrogen and oxygen atoms in total. The Balaban J connectivity index is 2.56. The molecule has 1 aliphatic carbocycles. The van der Waals surface area contributed by atoms with Crippen LogP contribution in [0.3, 0.4) is 0 Å². The maximum Gasteiger partial charge on any atom is 0.186 e. The zero-order valence-electron chi connectivity index (χ0n) is 8.66. The molecule has 0 bridgehead atoms. The highest BCUT2D eigenvalue weighted by atomic mass is 35.5. The summed E-state index contributed by atoms with van der Waals surface area (Å²) in [5, 5.41) is 0.480. The van der Waals surface area contributed by atoms with Gasteiger partial charge in [-0.3, -0.25) is 9.59 Å². The van der Waals surface area contributed by atoms with Crippen molar-refractivity contribution in [3.05, 3.63) is 52.6 Å². The Bertz CT molecular complexity index is 539. The maximum absolute atomic E-state index is 11.6. The Morgan fingerprint density at radius 2 is 1.88 bits per heavy atom. The average Bonchev–Trinajstić information content (AvgIpc) is 2.25. The van der Waals surface area contributed by atoms with Crippen LogP contribution in [0.25, 0.3) is 5.57 Å². The summed E-state index contributed by atoms with van der Waals surface area (Å²) in [5.74, 6) is -0.376.